The zero-order valence-electron chi connectivity index (χ0n) is 28.0. The van der Waals surface area contributed by atoms with Gasteiger partial charge in [-0.25, -0.2) is 0 Å². The van der Waals surface area contributed by atoms with Gasteiger partial charge in [-0.15, -0.1) is 0 Å². The first kappa shape index (κ1) is 38.7. The summed E-state index contributed by atoms with van der Waals surface area (Å²) < 4.78 is 27.8. The molecule has 1 aliphatic heterocycles. The monoisotopic (exact) mass is 647 g/mol. The fraction of sp³-hybridized carbons (Fsp3) is 0.686. The van der Waals surface area contributed by atoms with E-state index < -0.39 is 54.5 Å². The number of hydrogen-bond donors (Lipinski definition) is 1. The van der Waals surface area contributed by atoms with E-state index in [1.165, 1.54) is 72.1 Å². The van der Waals surface area contributed by atoms with Crippen LogP contribution in [0.2, 0.25) is 0 Å². The highest BCUT2D eigenvalue weighted by Crippen LogP contribution is 2.28. The number of carbonyl (C=O) groups excluding carboxylic acids is 5. The van der Waals surface area contributed by atoms with Gasteiger partial charge in [-0.2, -0.15) is 0 Å². The summed E-state index contributed by atoms with van der Waals surface area (Å²) in [7, 11) is 0. The summed E-state index contributed by atoms with van der Waals surface area (Å²) in [5.74, 6) is -3.06. The number of amides is 1. The topological polar surface area (TPSA) is 144 Å². The molecule has 1 saturated heterocycles. The molecule has 5 atom stereocenters. The first-order chi connectivity index (χ1) is 22.1. The van der Waals surface area contributed by atoms with Crippen LogP contribution in [-0.2, 0) is 54.1 Å². The Balaban J connectivity index is 2.06. The van der Waals surface area contributed by atoms with E-state index in [9.17, 15) is 24.0 Å². The van der Waals surface area contributed by atoms with Crippen LogP contribution in [0.15, 0.2) is 30.3 Å². The number of benzene rings is 1. The van der Waals surface area contributed by atoms with Gasteiger partial charge in [0.05, 0.1) is 6.42 Å². The molecule has 1 amide bonds. The van der Waals surface area contributed by atoms with Gasteiger partial charge < -0.3 is 29.0 Å². The third kappa shape index (κ3) is 15.7. The van der Waals surface area contributed by atoms with Crippen LogP contribution >= 0.6 is 0 Å². The lowest BCUT2D eigenvalue weighted by molar-refractivity contribution is -0.271. The molecule has 11 heteroatoms. The summed E-state index contributed by atoms with van der Waals surface area (Å²) in [5.41, 5.74) is 0.696. The van der Waals surface area contributed by atoms with E-state index in [4.69, 9.17) is 23.7 Å². The molecule has 11 nitrogen and oxygen atoms in total. The van der Waals surface area contributed by atoms with E-state index in [0.29, 0.717) is 12.0 Å². The highest BCUT2D eigenvalue weighted by Gasteiger charge is 2.52. The number of rotatable bonds is 21. The first-order valence-electron chi connectivity index (χ1n) is 16.8. The third-order valence-electron chi connectivity index (χ3n) is 7.73. The second-order valence-electron chi connectivity index (χ2n) is 11.9. The van der Waals surface area contributed by atoms with Crippen LogP contribution in [0.25, 0.3) is 0 Å². The smallest absolute Gasteiger partial charge is 0.312 e. The maximum Gasteiger partial charge on any atom is 0.312 e. The van der Waals surface area contributed by atoms with Gasteiger partial charge in [-0.05, 0) is 12.0 Å². The fourth-order valence-electron chi connectivity index (χ4n) is 5.47. The van der Waals surface area contributed by atoms with Crippen molar-refractivity contribution in [3.05, 3.63) is 35.9 Å². The number of nitrogens with one attached hydrogen (secondary N) is 1. The Labute approximate surface area is 273 Å². The Morgan fingerprint density at radius 3 is 1.78 bits per heavy atom. The van der Waals surface area contributed by atoms with Crippen molar-refractivity contribution in [3.63, 3.8) is 0 Å². The maximum absolute atomic E-state index is 13.1. The van der Waals surface area contributed by atoms with E-state index in [1.54, 1.807) is 24.3 Å². The molecular formula is C35H53NO10. The lowest BCUT2D eigenvalue weighted by Gasteiger charge is -2.44. The highest BCUT2D eigenvalue weighted by atomic mass is 16.7. The third-order valence-corrected chi connectivity index (χ3v) is 7.73. The average Bonchev–Trinajstić information content (AvgIpc) is 2.99. The van der Waals surface area contributed by atoms with E-state index in [0.717, 1.165) is 19.3 Å². The molecule has 1 aromatic carbocycles. The molecule has 0 spiro atoms. The molecule has 258 valence electrons. The van der Waals surface area contributed by atoms with Gasteiger partial charge in [0.25, 0.3) is 0 Å². The molecular weight excluding hydrogens is 594 g/mol. The summed E-state index contributed by atoms with van der Waals surface area (Å²) in [5, 5.41) is 2.80. The molecule has 0 radical (unpaired) electrons. The number of esters is 4. The van der Waals surface area contributed by atoms with Crippen molar-refractivity contribution in [2.24, 2.45) is 0 Å². The predicted molar refractivity (Wildman–Crippen MR) is 170 cm³/mol. The summed E-state index contributed by atoms with van der Waals surface area (Å²) in [4.78, 5) is 62.0. The molecule has 1 fully saturated rings. The van der Waals surface area contributed by atoms with Gasteiger partial charge in [-0.1, -0.05) is 108 Å². The Bertz CT molecular complexity index is 1080. The minimum atomic E-state index is -1.43. The van der Waals surface area contributed by atoms with Crippen molar-refractivity contribution < 1.29 is 47.7 Å². The lowest BCUT2D eigenvalue weighted by atomic mass is 9.95. The van der Waals surface area contributed by atoms with Crippen LogP contribution in [-0.4, -0.2) is 67.0 Å². The Hall–Kier alpha value is -3.47. The molecule has 0 unspecified atom stereocenters. The van der Waals surface area contributed by atoms with Gasteiger partial charge in [0, 0.05) is 27.2 Å². The number of ether oxygens (including phenoxy) is 5. The van der Waals surface area contributed by atoms with Gasteiger partial charge in [0.1, 0.15) is 18.8 Å². The number of unbranched alkanes of at least 4 members (excludes halogenated alkanes) is 11. The van der Waals surface area contributed by atoms with Crippen molar-refractivity contribution in [1.29, 1.82) is 0 Å². The molecule has 1 N–H and O–H groups in total. The zero-order chi connectivity index (χ0) is 33.7. The Morgan fingerprint density at radius 1 is 0.696 bits per heavy atom. The maximum atomic E-state index is 13.1. The van der Waals surface area contributed by atoms with E-state index in [1.807, 2.05) is 6.07 Å². The van der Waals surface area contributed by atoms with Gasteiger partial charge in [0.2, 0.25) is 12.2 Å². The molecule has 0 bridgehead atoms. The first-order valence-corrected chi connectivity index (χ1v) is 16.8. The SMILES string of the molecule is CCCCCCCCCCCCCCC(=O)N[C@@H]1[C@H](OC(=O)Cc2ccccc2)O[C@H](COC(C)=O)[C@@H](OC(C)=O)[C@@H]1OC(C)=O. The average molecular weight is 648 g/mol. The second-order valence-corrected chi connectivity index (χ2v) is 11.9. The van der Waals surface area contributed by atoms with Crippen LogP contribution in [0, 0.1) is 0 Å². The van der Waals surface area contributed by atoms with Crippen LogP contribution in [0.4, 0.5) is 0 Å². The van der Waals surface area contributed by atoms with Crippen molar-refractivity contribution in [2.75, 3.05) is 6.61 Å². The van der Waals surface area contributed by atoms with Gasteiger partial charge in [-0.3, -0.25) is 24.0 Å². The number of hydrogen-bond acceptors (Lipinski definition) is 10. The fourth-order valence-corrected chi connectivity index (χ4v) is 5.47. The van der Waals surface area contributed by atoms with Crippen molar-refractivity contribution >= 4 is 29.8 Å². The summed E-state index contributed by atoms with van der Waals surface area (Å²) in [6.07, 6.45) is 8.84. The molecule has 46 heavy (non-hydrogen) atoms. The van der Waals surface area contributed by atoms with Gasteiger partial charge in [0.15, 0.2) is 12.2 Å². The Morgan fingerprint density at radius 2 is 1.24 bits per heavy atom. The normalized spacial score (nSPS) is 20.7. The van der Waals surface area contributed by atoms with Crippen LogP contribution in [0.5, 0.6) is 0 Å². The van der Waals surface area contributed by atoms with Gasteiger partial charge >= 0.3 is 23.9 Å². The predicted octanol–water partition coefficient (Wildman–Crippen LogP) is 5.50. The molecule has 0 aliphatic carbocycles. The molecule has 1 heterocycles. The van der Waals surface area contributed by atoms with Crippen LogP contribution in [0.1, 0.15) is 117 Å². The molecule has 0 saturated carbocycles. The van der Waals surface area contributed by atoms with E-state index in [2.05, 4.69) is 12.2 Å². The minimum absolute atomic E-state index is 0.0829. The second kappa shape index (κ2) is 22.1. The Kier molecular flexibility index (Phi) is 18.6. The van der Waals surface area contributed by atoms with Crippen molar-refractivity contribution in [1.82, 2.24) is 5.32 Å². The van der Waals surface area contributed by atoms with Crippen molar-refractivity contribution in [3.8, 4) is 0 Å². The van der Waals surface area contributed by atoms with E-state index in [-0.39, 0.29) is 25.4 Å². The molecule has 2 rings (SSSR count). The highest BCUT2D eigenvalue weighted by molar-refractivity contribution is 5.77. The summed E-state index contributed by atoms with van der Waals surface area (Å²) in [6, 6.07) is 7.71. The zero-order valence-corrected chi connectivity index (χ0v) is 28.0. The van der Waals surface area contributed by atoms with Crippen molar-refractivity contribution in [2.45, 2.75) is 148 Å². The molecule has 1 aromatic rings. The summed E-state index contributed by atoms with van der Waals surface area (Å²) in [6.45, 7) is 5.38. The number of carbonyl (C=O) groups is 5. The van der Waals surface area contributed by atoms with Crippen LogP contribution < -0.4 is 5.32 Å². The molecule has 1 aliphatic rings. The standard InChI is InChI=1S/C35H53NO10/c1-5-6-7-8-9-10-11-12-13-14-15-19-22-30(40)36-32-34(44-27(4)39)33(43-26(3)38)29(24-42-25(2)37)45-35(32)46-31(41)23-28-20-17-16-18-21-28/h16-18,20-21,29,32-35H,5-15,19,22-24H2,1-4H3,(H,36,40)/t29-,32+,33-,34-,35+/m1/s1. The molecule has 0 aromatic heterocycles. The van der Waals surface area contributed by atoms with E-state index >= 15 is 0 Å². The largest absolute Gasteiger partial charge is 0.463 e. The quantitative estimate of drug-likeness (QED) is 0.103. The van der Waals surface area contributed by atoms with Crippen LogP contribution in [0.3, 0.4) is 0 Å². The summed E-state index contributed by atoms with van der Waals surface area (Å²) >= 11 is 0. The lowest BCUT2D eigenvalue weighted by Crippen LogP contribution is -2.67. The minimum Gasteiger partial charge on any atom is -0.463 e.